The Bertz CT molecular complexity index is 94.1. The quantitative estimate of drug-likeness (QED) is 0.396. The van der Waals surface area contributed by atoms with Crippen molar-refractivity contribution < 1.29 is 58.1 Å². The molecule has 0 aliphatic heterocycles. The second-order valence-electron chi connectivity index (χ2n) is 0.408. The largest absolute Gasteiger partial charge is 1.00 e. The van der Waals surface area contributed by atoms with Gasteiger partial charge in [0.1, 0.15) is 0 Å². The Morgan fingerprint density at radius 1 is 1.29 bits per heavy atom. The monoisotopic (exact) mass is 506 g/mol. The van der Waals surface area contributed by atoms with Crippen LogP contribution in [-0.2, 0) is 65.0 Å². The minimum absolute atomic E-state index is 0. The van der Waals surface area contributed by atoms with Crippen molar-refractivity contribution in [1.29, 1.82) is 0 Å². The summed E-state index contributed by atoms with van der Waals surface area (Å²) >= 11 is 3.24. The summed E-state index contributed by atoms with van der Waals surface area (Å²) in [5.41, 5.74) is 0. The van der Waals surface area contributed by atoms with E-state index in [0.717, 1.165) is 0 Å². The first-order chi connectivity index (χ1) is 2.00. The molecule has 0 unspecified atom stereocenters. The molecule has 0 aromatic heterocycles. The van der Waals surface area contributed by atoms with Gasteiger partial charge in [-0.3, -0.25) is 4.21 Å². The van der Waals surface area contributed by atoms with Gasteiger partial charge in [-0.25, -0.2) is 0 Å². The standard InChI is InChI=1S/2Au.H2O3S2/c;;1-5(2,3)4/h;;(H2,1,2,3,4)/q2*+1;/p-2. The third-order valence-corrected chi connectivity index (χ3v) is 0. The zero-order chi connectivity index (χ0) is 4.50. The van der Waals surface area contributed by atoms with Crippen LogP contribution in [0, 0.1) is 0 Å². The normalized spacial score (nSPS) is 8.29. The maximum atomic E-state index is 8.89. The molecular weight excluding hydrogens is 506 g/mol. The third kappa shape index (κ3) is 82.5. The van der Waals surface area contributed by atoms with Gasteiger partial charge in [-0.1, -0.05) is 0 Å². The Hall–Kier alpha value is 1.77. The summed E-state index contributed by atoms with van der Waals surface area (Å²) in [6.07, 6.45) is 0. The Morgan fingerprint density at radius 2 is 1.29 bits per heavy atom. The minimum atomic E-state index is -4.33. The van der Waals surface area contributed by atoms with E-state index in [2.05, 4.69) is 11.2 Å². The molecule has 0 aromatic rings. The molecule has 0 heterocycles. The Morgan fingerprint density at radius 3 is 1.29 bits per heavy atom. The first-order valence-electron chi connectivity index (χ1n) is 0.667. The second kappa shape index (κ2) is 5.90. The fraction of sp³-hybridized carbons (Fsp3) is 0. The number of hydrogen-bond donors (Lipinski definition) is 0. The molecule has 52 valence electrons. The molecule has 0 atom stereocenters. The van der Waals surface area contributed by atoms with Gasteiger partial charge in [0.15, 0.2) is 0 Å². The molecule has 7 heavy (non-hydrogen) atoms. The summed E-state index contributed by atoms with van der Waals surface area (Å²) in [6.45, 7) is 0. The van der Waals surface area contributed by atoms with Gasteiger partial charge < -0.3 is 9.11 Å². The van der Waals surface area contributed by atoms with Crippen molar-refractivity contribution >= 4 is 20.2 Å². The number of hydrogen-bond acceptors (Lipinski definition) is 4. The predicted octanol–water partition coefficient (Wildman–Crippen LogP) is -1.01. The van der Waals surface area contributed by atoms with Crippen LogP contribution in [0.25, 0.3) is 0 Å². The molecule has 0 amide bonds. The summed E-state index contributed by atoms with van der Waals surface area (Å²) in [6, 6.07) is 0. The van der Waals surface area contributed by atoms with Gasteiger partial charge in [-0.05, 0) is 11.2 Å². The van der Waals surface area contributed by atoms with E-state index in [1.807, 2.05) is 0 Å². The Balaban J connectivity index is -0.0000000800. The molecule has 0 aromatic carbocycles. The van der Waals surface area contributed by atoms with Crippen LogP contribution in [-0.4, -0.2) is 13.3 Å². The molecule has 0 radical (unpaired) electrons. The summed E-state index contributed by atoms with van der Waals surface area (Å²) in [4.78, 5) is 0. The van der Waals surface area contributed by atoms with E-state index in [1.54, 1.807) is 0 Å². The van der Waals surface area contributed by atoms with Crippen LogP contribution in [0.2, 0.25) is 0 Å². The second-order valence-corrected chi connectivity index (χ2v) is 2.45. The van der Waals surface area contributed by atoms with Crippen LogP contribution < -0.4 is 0 Å². The van der Waals surface area contributed by atoms with Crippen molar-refractivity contribution in [3.8, 4) is 0 Å². The Kier molecular flexibility index (Phi) is 13.4. The van der Waals surface area contributed by atoms with Crippen molar-refractivity contribution in [3.63, 3.8) is 0 Å². The molecule has 0 rings (SSSR count). The van der Waals surface area contributed by atoms with Gasteiger partial charge in [-0.15, -0.1) is 9.05 Å². The van der Waals surface area contributed by atoms with Crippen LogP contribution in [0.1, 0.15) is 0 Å². The van der Waals surface area contributed by atoms with Crippen LogP contribution in [0.15, 0.2) is 0 Å². The van der Waals surface area contributed by atoms with Crippen LogP contribution in [0.5, 0.6) is 0 Å². The predicted molar refractivity (Wildman–Crippen MR) is 17.1 cm³/mol. The van der Waals surface area contributed by atoms with Crippen molar-refractivity contribution in [2.24, 2.45) is 0 Å². The van der Waals surface area contributed by atoms with E-state index in [4.69, 9.17) is 13.3 Å². The van der Waals surface area contributed by atoms with Gasteiger partial charge in [0.25, 0.3) is 0 Å². The third-order valence-electron chi connectivity index (χ3n) is 0. The SMILES string of the molecule is O=S([O-])([O-])=S.[Au+].[Au+]. The summed E-state index contributed by atoms with van der Waals surface area (Å²) < 4.78 is 26.7. The van der Waals surface area contributed by atoms with E-state index < -0.39 is 9.05 Å². The summed E-state index contributed by atoms with van der Waals surface area (Å²) in [7, 11) is -4.33. The fourth-order valence-electron chi connectivity index (χ4n) is 0. The molecule has 0 bridgehead atoms. The molecule has 0 N–H and O–H groups in total. The average Bonchev–Trinajstić information content (AvgIpc) is 0.722. The maximum Gasteiger partial charge on any atom is 1.00 e. The first kappa shape index (κ1) is 15.9. The van der Waals surface area contributed by atoms with Crippen LogP contribution in [0.4, 0.5) is 0 Å². The molecule has 3 nitrogen and oxygen atoms in total. The van der Waals surface area contributed by atoms with E-state index in [1.165, 1.54) is 0 Å². The van der Waals surface area contributed by atoms with Gasteiger partial charge in [0, 0.05) is 0 Å². The van der Waals surface area contributed by atoms with Crippen molar-refractivity contribution in [3.05, 3.63) is 0 Å². The molecule has 0 aliphatic rings. The van der Waals surface area contributed by atoms with Gasteiger partial charge >= 0.3 is 44.8 Å². The molecule has 7 heteroatoms. The molecule has 0 spiro atoms. The molecule has 0 fully saturated rings. The zero-order valence-corrected chi connectivity index (χ0v) is 8.61. The minimum Gasteiger partial charge on any atom is -0.780 e. The van der Waals surface area contributed by atoms with E-state index in [0.29, 0.717) is 0 Å². The van der Waals surface area contributed by atoms with Crippen molar-refractivity contribution in [2.45, 2.75) is 0 Å². The Labute approximate surface area is 77.6 Å². The topological polar surface area (TPSA) is 63.2 Å². The van der Waals surface area contributed by atoms with Gasteiger partial charge in [0.2, 0.25) is 0 Å². The smallest absolute Gasteiger partial charge is 0.780 e. The summed E-state index contributed by atoms with van der Waals surface area (Å²) in [5.74, 6) is 0. The van der Waals surface area contributed by atoms with Crippen molar-refractivity contribution in [1.82, 2.24) is 0 Å². The van der Waals surface area contributed by atoms with Crippen LogP contribution >= 0.6 is 0 Å². The van der Waals surface area contributed by atoms with E-state index in [9.17, 15) is 0 Å². The molecule has 0 saturated heterocycles. The number of rotatable bonds is 0. The fourth-order valence-corrected chi connectivity index (χ4v) is 0. The molecular formula is Au2O3S2. The van der Waals surface area contributed by atoms with Crippen LogP contribution in [0.3, 0.4) is 0 Å². The maximum absolute atomic E-state index is 8.89. The summed E-state index contributed by atoms with van der Waals surface area (Å²) in [5, 5.41) is 0. The van der Waals surface area contributed by atoms with E-state index >= 15 is 0 Å². The first-order valence-corrected chi connectivity index (χ1v) is 3.00. The van der Waals surface area contributed by atoms with Crippen molar-refractivity contribution in [2.75, 3.05) is 0 Å². The molecule has 0 aliphatic carbocycles. The van der Waals surface area contributed by atoms with Gasteiger partial charge in [0.05, 0.1) is 0 Å². The van der Waals surface area contributed by atoms with E-state index in [-0.39, 0.29) is 44.8 Å². The zero-order valence-electron chi connectivity index (χ0n) is 2.64. The van der Waals surface area contributed by atoms with Gasteiger partial charge in [-0.2, -0.15) is 0 Å². The molecule has 0 saturated carbocycles. The average molecular weight is 506 g/mol.